The summed E-state index contributed by atoms with van der Waals surface area (Å²) in [7, 11) is 0. The van der Waals surface area contributed by atoms with Crippen LogP contribution in [0.5, 0.6) is 0 Å². The molecule has 146 valence electrons. The average Bonchev–Trinajstić information content (AvgIpc) is 3.08. The fourth-order valence-corrected chi connectivity index (χ4v) is 3.40. The first-order chi connectivity index (χ1) is 13.3. The molecule has 7 nitrogen and oxygen atoms in total. The quantitative estimate of drug-likeness (QED) is 0.636. The van der Waals surface area contributed by atoms with Crippen molar-refractivity contribution in [2.45, 2.75) is 33.2 Å². The summed E-state index contributed by atoms with van der Waals surface area (Å²) < 4.78 is 0. The Labute approximate surface area is 163 Å². The summed E-state index contributed by atoms with van der Waals surface area (Å²) >= 11 is 0. The zero-order valence-corrected chi connectivity index (χ0v) is 16.1. The van der Waals surface area contributed by atoms with Gasteiger partial charge in [0.15, 0.2) is 0 Å². The molecular weight excluding hydrogens is 358 g/mol. The normalized spacial score (nSPS) is 13.9. The number of fused-ring (bicyclic) bond motifs is 1. The predicted molar refractivity (Wildman–Crippen MR) is 106 cm³/mol. The minimum atomic E-state index is -0.724. The summed E-state index contributed by atoms with van der Waals surface area (Å²) in [6, 6.07) is 11.0. The minimum absolute atomic E-state index is 0.0525. The van der Waals surface area contributed by atoms with Crippen LogP contribution in [-0.4, -0.2) is 29.3 Å². The van der Waals surface area contributed by atoms with E-state index in [0.717, 1.165) is 11.1 Å². The van der Waals surface area contributed by atoms with Gasteiger partial charge in [-0.15, -0.1) is 0 Å². The van der Waals surface area contributed by atoms with Crippen LogP contribution < -0.4 is 10.2 Å². The number of anilines is 1. The lowest BCUT2D eigenvalue weighted by atomic mass is 10.0. The predicted octanol–water partition coefficient (Wildman–Crippen LogP) is 3.25. The number of nitro groups is 1. The lowest BCUT2D eigenvalue weighted by Gasteiger charge is -2.27. The Bertz CT molecular complexity index is 939. The number of benzene rings is 2. The van der Waals surface area contributed by atoms with E-state index in [2.05, 4.69) is 5.32 Å². The van der Waals surface area contributed by atoms with E-state index in [9.17, 15) is 19.7 Å². The lowest BCUT2D eigenvalue weighted by molar-refractivity contribution is -0.384. The number of non-ortho nitro benzene ring substituents is 1. The molecule has 1 aliphatic heterocycles. The highest BCUT2D eigenvalue weighted by Crippen LogP contribution is 2.32. The Morgan fingerprint density at radius 1 is 1.18 bits per heavy atom. The van der Waals surface area contributed by atoms with Crippen molar-refractivity contribution in [3.63, 3.8) is 0 Å². The summed E-state index contributed by atoms with van der Waals surface area (Å²) in [6.45, 7) is 6.07. The molecule has 2 aromatic rings. The van der Waals surface area contributed by atoms with Gasteiger partial charge in [-0.3, -0.25) is 19.7 Å². The lowest BCUT2D eigenvalue weighted by Crippen LogP contribution is -2.51. The third-order valence-electron chi connectivity index (χ3n) is 4.94. The van der Waals surface area contributed by atoms with Crippen molar-refractivity contribution in [3.05, 3.63) is 69.3 Å². The molecule has 7 heteroatoms. The molecule has 0 aliphatic carbocycles. The van der Waals surface area contributed by atoms with Crippen LogP contribution >= 0.6 is 0 Å². The standard InChI is InChI=1S/C21H23N3O4/c1-13(2)19(22-20(25)16-6-4-5-14(3)11-16)21(26)23-10-9-15-7-8-17(24(27)28)12-18(15)23/h4-8,11-13,19H,9-10H2,1-3H3,(H,22,25)/t19-/m0/s1. The van der Waals surface area contributed by atoms with E-state index < -0.39 is 11.0 Å². The first-order valence-electron chi connectivity index (χ1n) is 9.24. The summed E-state index contributed by atoms with van der Waals surface area (Å²) in [6.07, 6.45) is 0.635. The summed E-state index contributed by atoms with van der Waals surface area (Å²) in [5.41, 5.74) is 2.85. The van der Waals surface area contributed by atoms with Crippen LogP contribution in [0.4, 0.5) is 11.4 Å². The van der Waals surface area contributed by atoms with Gasteiger partial charge in [-0.25, -0.2) is 0 Å². The number of rotatable bonds is 5. The molecule has 0 saturated carbocycles. The van der Waals surface area contributed by atoms with E-state index in [1.807, 2.05) is 26.8 Å². The molecule has 28 heavy (non-hydrogen) atoms. The maximum absolute atomic E-state index is 13.2. The highest BCUT2D eigenvalue weighted by Gasteiger charge is 2.34. The molecule has 1 aliphatic rings. The highest BCUT2D eigenvalue weighted by molar-refractivity contribution is 6.03. The SMILES string of the molecule is Cc1cccc(C(=O)N[C@H](C(=O)N2CCc3ccc([N+](=O)[O-])cc32)C(C)C)c1. The van der Waals surface area contributed by atoms with Crippen LogP contribution in [0.1, 0.15) is 35.3 Å². The Balaban J connectivity index is 1.84. The van der Waals surface area contributed by atoms with Crippen LogP contribution in [0, 0.1) is 23.0 Å². The number of carbonyl (C=O) groups excluding carboxylic acids is 2. The van der Waals surface area contributed by atoms with Gasteiger partial charge < -0.3 is 10.2 Å². The molecule has 0 radical (unpaired) electrons. The maximum Gasteiger partial charge on any atom is 0.271 e. The number of carbonyl (C=O) groups is 2. The van der Waals surface area contributed by atoms with Crippen molar-refractivity contribution in [1.29, 1.82) is 0 Å². The van der Waals surface area contributed by atoms with E-state index in [0.29, 0.717) is 24.2 Å². The number of nitrogens with one attached hydrogen (secondary N) is 1. The van der Waals surface area contributed by atoms with Gasteiger partial charge in [0, 0.05) is 24.2 Å². The van der Waals surface area contributed by atoms with Gasteiger partial charge in [-0.05, 0) is 37.0 Å². The second-order valence-electron chi connectivity index (χ2n) is 7.37. The zero-order chi connectivity index (χ0) is 20.4. The molecular formula is C21H23N3O4. The fourth-order valence-electron chi connectivity index (χ4n) is 3.40. The van der Waals surface area contributed by atoms with Crippen LogP contribution in [0.3, 0.4) is 0 Å². The van der Waals surface area contributed by atoms with Crippen LogP contribution in [0.2, 0.25) is 0 Å². The Morgan fingerprint density at radius 3 is 2.57 bits per heavy atom. The van der Waals surface area contributed by atoms with E-state index >= 15 is 0 Å². The Hall–Kier alpha value is -3.22. The first-order valence-corrected chi connectivity index (χ1v) is 9.24. The van der Waals surface area contributed by atoms with Crippen molar-refractivity contribution in [2.75, 3.05) is 11.4 Å². The Morgan fingerprint density at radius 2 is 1.93 bits per heavy atom. The van der Waals surface area contributed by atoms with Gasteiger partial charge in [0.05, 0.1) is 10.6 Å². The van der Waals surface area contributed by atoms with Gasteiger partial charge >= 0.3 is 0 Å². The van der Waals surface area contributed by atoms with Gasteiger partial charge in [-0.1, -0.05) is 37.6 Å². The molecule has 0 bridgehead atoms. The third kappa shape index (κ3) is 3.88. The number of nitrogens with zero attached hydrogens (tertiary/aromatic N) is 2. The van der Waals surface area contributed by atoms with Crippen molar-refractivity contribution < 1.29 is 14.5 Å². The molecule has 0 saturated heterocycles. The van der Waals surface area contributed by atoms with E-state index in [4.69, 9.17) is 0 Å². The molecule has 0 fully saturated rings. The molecule has 2 amide bonds. The zero-order valence-electron chi connectivity index (χ0n) is 16.1. The first kappa shape index (κ1) is 19.5. The van der Waals surface area contributed by atoms with Gasteiger partial charge in [0.25, 0.3) is 11.6 Å². The van der Waals surface area contributed by atoms with E-state index in [1.165, 1.54) is 12.1 Å². The van der Waals surface area contributed by atoms with Crippen molar-refractivity contribution in [3.8, 4) is 0 Å². The van der Waals surface area contributed by atoms with Gasteiger partial charge in [0.1, 0.15) is 6.04 Å². The number of aryl methyl sites for hydroxylation is 1. The monoisotopic (exact) mass is 381 g/mol. The van der Waals surface area contributed by atoms with E-state index in [1.54, 1.807) is 29.2 Å². The maximum atomic E-state index is 13.2. The number of amides is 2. The number of hydrogen-bond donors (Lipinski definition) is 1. The number of nitro benzene ring substituents is 1. The molecule has 1 atom stereocenters. The molecule has 0 unspecified atom stereocenters. The van der Waals surface area contributed by atoms with Crippen molar-refractivity contribution in [1.82, 2.24) is 5.32 Å². The fraction of sp³-hybridized carbons (Fsp3) is 0.333. The third-order valence-corrected chi connectivity index (χ3v) is 4.94. The molecule has 0 aromatic heterocycles. The topological polar surface area (TPSA) is 92.6 Å². The molecule has 0 spiro atoms. The molecule has 1 N–H and O–H groups in total. The summed E-state index contributed by atoms with van der Waals surface area (Å²) in [5, 5.41) is 13.9. The summed E-state index contributed by atoms with van der Waals surface area (Å²) in [4.78, 5) is 38.0. The van der Waals surface area contributed by atoms with Crippen LogP contribution in [-0.2, 0) is 11.2 Å². The molecule has 3 rings (SSSR count). The summed E-state index contributed by atoms with van der Waals surface area (Å²) in [5.74, 6) is -0.700. The van der Waals surface area contributed by atoms with Crippen molar-refractivity contribution >= 4 is 23.2 Å². The number of hydrogen-bond acceptors (Lipinski definition) is 4. The molecule has 1 heterocycles. The second-order valence-corrected chi connectivity index (χ2v) is 7.37. The Kier molecular flexibility index (Phi) is 5.44. The minimum Gasteiger partial charge on any atom is -0.340 e. The average molecular weight is 381 g/mol. The van der Waals surface area contributed by atoms with E-state index in [-0.39, 0.29) is 23.4 Å². The van der Waals surface area contributed by atoms with Gasteiger partial charge in [0.2, 0.25) is 5.91 Å². The molecule has 2 aromatic carbocycles. The van der Waals surface area contributed by atoms with Gasteiger partial charge in [-0.2, -0.15) is 0 Å². The smallest absolute Gasteiger partial charge is 0.271 e. The van der Waals surface area contributed by atoms with Crippen LogP contribution in [0.25, 0.3) is 0 Å². The second kappa shape index (κ2) is 7.80. The largest absolute Gasteiger partial charge is 0.340 e. The van der Waals surface area contributed by atoms with Crippen LogP contribution in [0.15, 0.2) is 42.5 Å². The van der Waals surface area contributed by atoms with Crippen molar-refractivity contribution in [2.24, 2.45) is 5.92 Å². The highest BCUT2D eigenvalue weighted by atomic mass is 16.6.